The third kappa shape index (κ3) is 3.13. The maximum absolute atomic E-state index is 12.5. The molecular weight excluding hydrogens is 304 g/mol. The average molecular weight is 324 g/mol. The predicted octanol–water partition coefficient (Wildman–Crippen LogP) is 4.41. The Balaban J connectivity index is 1.88. The quantitative estimate of drug-likeness (QED) is 0.782. The largest absolute Gasteiger partial charge is 0.496 e. The number of benzene rings is 2. The van der Waals surface area contributed by atoms with Crippen LogP contribution in [0.1, 0.15) is 35.3 Å². The molecule has 1 aliphatic heterocycles. The topological polar surface area (TPSA) is 44.8 Å². The van der Waals surface area contributed by atoms with Crippen molar-refractivity contribution in [1.29, 1.82) is 0 Å². The molecule has 0 spiro atoms. The Bertz CT molecular complexity index is 818. The minimum atomic E-state index is -0.116. The first kappa shape index (κ1) is 16.1. The number of aryl methyl sites for hydroxylation is 1. The Kier molecular flexibility index (Phi) is 4.30. The molecule has 2 aromatic carbocycles. The Labute approximate surface area is 141 Å². The van der Waals surface area contributed by atoms with E-state index in [0.29, 0.717) is 22.8 Å². The highest BCUT2D eigenvalue weighted by Crippen LogP contribution is 2.35. The van der Waals surface area contributed by atoms with E-state index in [-0.39, 0.29) is 11.9 Å². The lowest BCUT2D eigenvalue weighted by molar-refractivity contribution is 0.101. The van der Waals surface area contributed by atoms with Crippen LogP contribution in [0.3, 0.4) is 0 Å². The molecule has 0 unspecified atom stereocenters. The lowest BCUT2D eigenvalue weighted by atomic mass is 10.1. The Morgan fingerprint density at radius 1 is 1.12 bits per heavy atom. The van der Waals surface area contributed by atoms with Gasteiger partial charge in [0, 0.05) is 6.07 Å². The maximum Gasteiger partial charge on any atom is 0.231 e. The van der Waals surface area contributed by atoms with Crippen LogP contribution >= 0.6 is 0 Å². The van der Waals surface area contributed by atoms with Crippen LogP contribution in [-0.4, -0.2) is 19.0 Å². The van der Waals surface area contributed by atoms with Crippen LogP contribution < -0.4 is 14.2 Å². The summed E-state index contributed by atoms with van der Waals surface area (Å²) in [6, 6.07) is 11.0. The first-order chi connectivity index (χ1) is 11.5. The van der Waals surface area contributed by atoms with Gasteiger partial charge in [-0.25, -0.2) is 0 Å². The SMILES string of the molecule is COc1ccc(/C=C2\Oc3cc(OC(C)C)ccc3C2=O)cc1C. The number of ether oxygens (including phenoxy) is 3. The molecule has 0 saturated heterocycles. The van der Waals surface area contributed by atoms with E-state index in [2.05, 4.69) is 0 Å². The first-order valence-electron chi connectivity index (χ1n) is 7.87. The van der Waals surface area contributed by atoms with Crippen molar-refractivity contribution in [1.82, 2.24) is 0 Å². The van der Waals surface area contributed by atoms with Crippen molar-refractivity contribution < 1.29 is 19.0 Å². The number of hydrogen-bond donors (Lipinski definition) is 0. The molecule has 3 rings (SSSR count). The molecule has 0 N–H and O–H groups in total. The van der Waals surface area contributed by atoms with Crippen molar-refractivity contribution in [2.75, 3.05) is 7.11 Å². The van der Waals surface area contributed by atoms with Crippen molar-refractivity contribution in [2.45, 2.75) is 26.9 Å². The molecule has 0 aromatic heterocycles. The number of ketones is 1. The lowest BCUT2D eigenvalue weighted by Crippen LogP contribution is -2.05. The van der Waals surface area contributed by atoms with Gasteiger partial charge in [0.25, 0.3) is 0 Å². The van der Waals surface area contributed by atoms with E-state index < -0.39 is 0 Å². The summed E-state index contributed by atoms with van der Waals surface area (Å²) >= 11 is 0. The number of carbonyl (C=O) groups is 1. The number of fused-ring (bicyclic) bond motifs is 1. The Hall–Kier alpha value is -2.75. The summed E-state index contributed by atoms with van der Waals surface area (Å²) in [4.78, 5) is 12.5. The third-order valence-corrected chi connectivity index (χ3v) is 3.73. The fourth-order valence-electron chi connectivity index (χ4n) is 2.66. The highest BCUT2D eigenvalue weighted by Gasteiger charge is 2.27. The highest BCUT2D eigenvalue weighted by atomic mass is 16.5. The zero-order valence-electron chi connectivity index (χ0n) is 14.3. The van der Waals surface area contributed by atoms with E-state index in [1.54, 1.807) is 31.4 Å². The van der Waals surface area contributed by atoms with Crippen LogP contribution in [0, 0.1) is 6.92 Å². The van der Waals surface area contributed by atoms with Crippen LogP contribution in [0.4, 0.5) is 0 Å². The molecule has 0 atom stereocenters. The highest BCUT2D eigenvalue weighted by molar-refractivity contribution is 6.14. The van der Waals surface area contributed by atoms with Crippen LogP contribution in [0.5, 0.6) is 17.2 Å². The molecule has 24 heavy (non-hydrogen) atoms. The van der Waals surface area contributed by atoms with Gasteiger partial charge in [0.05, 0.1) is 18.8 Å². The summed E-state index contributed by atoms with van der Waals surface area (Å²) < 4.78 is 16.6. The molecule has 0 radical (unpaired) electrons. The second kappa shape index (κ2) is 6.40. The van der Waals surface area contributed by atoms with Gasteiger partial charge in [0.15, 0.2) is 5.76 Å². The van der Waals surface area contributed by atoms with Crippen molar-refractivity contribution in [2.24, 2.45) is 0 Å². The molecule has 0 aliphatic carbocycles. The Morgan fingerprint density at radius 3 is 2.58 bits per heavy atom. The average Bonchev–Trinajstić information content (AvgIpc) is 2.82. The molecule has 0 bridgehead atoms. The number of carbonyl (C=O) groups excluding carboxylic acids is 1. The number of hydrogen-bond acceptors (Lipinski definition) is 4. The minimum Gasteiger partial charge on any atom is -0.496 e. The van der Waals surface area contributed by atoms with Gasteiger partial charge < -0.3 is 14.2 Å². The summed E-state index contributed by atoms with van der Waals surface area (Å²) in [7, 11) is 1.64. The standard InChI is InChI=1S/C20H20O4/c1-12(2)23-15-6-7-16-18(11-15)24-19(20(16)21)10-14-5-8-17(22-4)13(3)9-14/h5-12H,1-4H3/b19-10-. The summed E-state index contributed by atoms with van der Waals surface area (Å²) in [5, 5.41) is 0. The fourth-order valence-corrected chi connectivity index (χ4v) is 2.66. The first-order valence-corrected chi connectivity index (χ1v) is 7.87. The van der Waals surface area contributed by atoms with E-state index in [4.69, 9.17) is 14.2 Å². The maximum atomic E-state index is 12.5. The van der Waals surface area contributed by atoms with Gasteiger partial charge in [-0.15, -0.1) is 0 Å². The summed E-state index contributed by atoms with van der Waals surface area (Å²) in [5.74, 6) is 2.24. The molecule has 0 fully saturated rings. The zero-order valence-corrected chi connectivity index (χ0v) is 14.3. The van der Waals surface area contributed by atoms with Crippen LogP contribution in [0.15, 0.2) is 42.2 Å². The van der Waals surface area contributed by atoms with Crippen molar-refractivity contribution in [3.8, 4) is 17.2 Å². The molecule has 0 amide bonds. The van der Waals surface area contributed by atoms with E-state index >= 15 is 0 Å². The van der Waals surface area contributed by atoms with Gasteiger partial charge in [0.2, 0.25) is 5.78 Å². The van der Waals surface area contributed by atoms with Gasteiger partial charge in [0.1, 0.15) is 17.2 Å². The molecule has 2 aromatic rings. The normalized spacial score (nSPS) is 14.7. The van der Waals surface area contributed by atoms with Gasteiger partial charge in [-0.1, -0.05) is 6.07 Å². The monoisotopic (exact) mass is 324 g/mol. The second-order valence-corrected chi connectivity index (χ2v) is 5.99. The molecule has 4 nitrogen and oxygen atoms in total. The van der Waals surface area contributed by atoms with E-state index in [0.717, 1.165) is 16.9 Å². The molecule has 4 heteroatoms. The minimum absolute atomic E-state index is 0.0671. The smallest absolute Gasteiger partial charge is 0.231 e. The summed E-state index contributed by atoms with van der Waals surface area (Å²) in [6.07, 6.45) is 1.81. The van der Waals surface area contributed by atoms with E-state index in [9.17, 15) is 4.79 Å². The molecule has 1 aliphatic rings. The van der Waals surface area contributed by atoms with Crippen LogP contribution in [0.2, 0.25) is 0 Å². The molecule has 124 valence electrons. The molecule has 1 heterocycles. The van der Waals surface area contributed by atoms with Gasteiger partial charge in [-0.05, 0) is 62.2 Å². The molecule has 0 saturated carbocycles. The van der Waals surface area contributed by atoms with Crippen LogP contribution in [-0.2, 0) is 0 Å². The Morgan fingerprint density at radius 2 is 1.92 bits per heavy atom. The zero-order chi connectivity index (χ0) is 17.3. The third-order valence-electron chi connectivity index (χ3n) is 3.73. The fraction of sp³-hybridized carbons (Fsp3) is 0.250. The van der Waals surface area contributed by atoms with Gasteiger partial charge in [-0.3, -0.25) is 4.79 Å². The molecular formula is C20H20O4. The second-order valence-electron chi connectivity index (χ2n) is 5.99. The number of methoxy groups -OCH3 is 1. The lowest BCUT2D eigenvalue weighted by Gasteiger charge is -2.09. The predicted molar refractivity (Wildman–Crippen MR) is 92.9 cm³/mol. The van der Waals surface area contributed by atoms with E-state index in [1.165, 1.54) is 0 Å². The van der Waals surface area contributed by atoms with Crippen molar-refractivity contribution >= 4 is 11.9 Å². The number of rotatable bonds is 4. The van der Waals surface area contributed by atoms with Crippen molar-refractivity contribution in [3.63, 3.8) is 0 Å². The van der Waals surface area contributed by atoms with Crippen molar-refractivity contribution in [3.05, 3.63) is 58.8 Å². The summed E-state index contributed by atoms with van der Waals surface area (Å²) in [5.41, 5.74) is 2.45. The van der Waals surface area contributed by atoms with E-state index in [1.807, 2.05) is 39.0 Å². The number of Topliss-reactive ketones (excluding diaryl/α,β-unsaturated/α-hetero) is 1. The van der Waals surface area contributed by atoms with Gasteiger partial charge in [-0.2, -0.15) is 0 Å². The number of allylic oxidation sites excluding steroid dienone is 1. The summed E-state index contributed by atoms with van der Waals surface area (Å²) in [6.45, 7) is 5.87. The van der Waals surface area contributed by atoms with Crippen LogP contribution in [0.25, 0.3) is 6.08 Å². The van der Waals surface area contributed by atoms with Gasteiger partial charge >= 0.3 is 0 Å².